The molecule has 2 fully saturated rings. The summed E-state index contributed by atoms with van der Waals surface area (Å²) in [5, 5.41) is 0.662. The zero-order valence-corrected chi connectivity index (χ0v) is 13.3. The molecule has 2 aliphatic heterocycles. The van der Waals surface area contributed by atoms with Gasteiger partial charge in [-0.1, -0.05) is 17.4 Å². The Labute approximate surface area is 129 Å². The van der Waals surface area contributed by atoms with Gasteiger partial charge in [0.15, 0.2) is 5.13 Å². The van der Waals surface area contributed by atoms with Gasteiger partial charge in [0.05, 0.1) is 10.2 Å². The molecule has 0 radical (unpaired) electrons. The highest BCUT2D eigenvalue weighted by molar-refractivity contribution is 7.22. The number of anilines is 1. The molecule has 112 valence electrons. The average molecular weight is 302 g/mol. The lowest BCUT2D eigenvalue weighted by atomic mass is 10.1. The van der Waals surface area contributed by atoms with Crippen molar-refractivity contribution in [3.8, 4) is 0 Å². The highest BCUT2D eigenvalue weighted by atomic mass is 32.1. The summed E-state index contributed by atoms with van der Waals surface area (Å²) < 4.78 is 1.21. The summed E-state index contributed by atoms with van der Waals surface area (Å²) >= 11 is 1.58. The van der Waals surface area contributed by atoms with Crippen LogP contribution in [0.1, 0.15) is 25.3 Å². The molecule has 2 N–H and O–H groups in total. The Morgan fingerprint density at radius 2 is 2.29 bits per heavy atom. The monoisotopic (exact) mass is 302 g/mol. The van der Waals surface area contributed by atoms with Crippen LogP contribution in [0.25, 0.3) is 10.2 Å². The van der Waals surface area contributed by atoms with E-state index >= 15 is 0 Å². The second-order valence-electron chi connectivity index (χ2n) is 6.42. The summed E-state index contributed by atoms with van der Waals surface area (Å²) in [5.74, 6) is 0. The first-order valence-electron chi connectivity index (χ1n) is 7.82. The highest BCUT2D eigenvalue weighted by Crippen LogP contribution is 2.28. The van der Waals surface area contributed by atoms with Crippen LogP contribution in [0.5, 0.6) is 0 Å². The normalized spacial score (nSPS) is 27.3. The van der Waals surface area contributed by atoms with E-state index in [2.05, 4.69) is 39.9 Å². The van der Waals surface area contributed by atoms with Crippen molar-refractivity contribution in [2.24, 2.45) is 0 Å². The molecule has 2 unspecified atom stereocenters. The molecule has 4 nitrogen and oxygen atoms in total. The quantitative estimate of drug-likeness (QED) is 0.926. The third kappa shape index (κ3) is 2.54. The molecular formula is C16H22N4S. The van der Waals surface area contributed by atoms with Crippen molar-refractivity contribution in [3.05, 3.63) is 23.8 Å². The minimum atomic E-state index is 0.640. The van der Waals surface area contributed by atoms with Crippen LogP contribution < -0.4 is 5.73 Å². The van der Waals surface area contributed by atoms with Crippen molar-refractivity contribution in [2.45, 2.75) is 38.4 Å². The molecule has 1 aromatic carbocycles. The van der Waals surface area contributed by atoms with Crippen LogP contribution in [0.3, 0.4) is 0 Å². The van der Waals surface area contributed by atoms with Gasteiger partial charge in [-0.25, -0.2) is 4.98 Å². The van der Waals surface area contributed by atoms with Gasteiger partial charge in [0.2, 0.25) is 0 Å². The zero-order valence-electron chi connectivity index (χ0n) is 12.5. The second kappa shape index (κ2) is 5.23. The Bertz CT molecular complexity index is 653. The van der Waals surface area contributed by atoms with Gasteiger partial charge in [0, 0.05) is 31.7 Å². The summed E-state index contributed by atoms with van der Waals surface area (Å²) in [6.45, 7) is 7.14. The lowest BCUT2D eigenvalue weighted by molar-refractivity contribution is 0.0541. The summed E-state index contributed by atoms with van der Waals surface area (Å²) in [6.07, 6.45) is 2.74. The number of hydrogen-bond donors (Lipinski definition) is 1. The number of hydrogen-bond acceptors (Lipinski definition) is 5. The maximum absolute atomic E-state index is 5.80. The number of benzene rings is 1. The Balaban J connectivity index is 1.53. The summed E-state index contributed by atoms with van der Waals surface area (Å²) in [6, 6.07) is 7.99. The fraction of sp³-hybridized carbons (Fsp3) is 0.562. The number of rotatable bonds is 2. The molecule has 5 heteroatoms. The molecule has 21 heavy (non-hydrogen) atoms. The predicted molar refractivity (Wildman–Crippen MR) is 88.5 cm³/mol. The molecule has 2 atom stereocenters. The van der Waals surface area contributed by atoms with Crippen LogP contribution >= 0.6 is 11.3 Å². The van der Waals surface area contributed by atoms with E-state index in [0.29, 0.717) is 11.2 Å². The largest absolute Gasteiger partial charge is 0.375 e. The number of piperazine rings is 1. The molecule has 0 spiro atoms. The van der Waals surface area contributed by atoms with Gasteiger partial charge < -0.3 is 5.73 Å². The van der Waals surface area contributed by atoms with E-state index in [-0.39, 0.29) is 0 Å². The lowest BCUT2D eigenvalue weighted by Crippen LogP contribution is -2.54. The van der Waals surface area contributed by atoms with Crippen LogP contribution in [0.15, 0.2) is 18.2 Å². The number of aromatic nitrogens is 1. The molecule has 2 saturated heterocycles. The van der Waals surface area contributed by atoms with Crippen molar-refractivity contribution in [1.29, 1.82) is 0 Å². The van der Waals surface area contributed by atoms with Crippen molar-refractivity contribution >= 4 is 26.7 Å². The van der Waals surface area contributed by atoms with Crippen LogP contribution in [0, 0.1) is 0 Å². The topological polar surface area (TPSA) is 45.4 Å². The van der Waals surface area contributed by atoms with E-state index in [0.717, 1.165) is 18.1 Å². The van der Waals surface area contributed by atoms with Crippen molar-refractivity contribution < 1.29 is 0 Å². The minimum Gasteiger partial charge on any atom is -0.375 e. The first-order valence-corrected chi connectivity index (χ1v) is 8.64. The van der Waals surface area contributed by atoms with E-state index in [1.807, 2.05) is 0 Å². The lowest BCUT2D eigenvalue weighted by Gasteiger charge is -2.42. The van der Waals surface area contributed by atoms with Crippen molar-refractivity contribution in [2.75, 3.05) is 25.4 Å². The molecule has 4 rings (SSSR count). The second-order valence-corrected chi connectivity index (χ2v) is 7.49. The number of fused-ring (bicyclic) bond motifs is 2. The molecule has 2 aromatic rings. The van der Waals surface area contributed by atoms with E-state index in [1.165, 1.54) is 42.7 Å². The van der Waals surface area contributed by atoms with Gasteiger partial charge in [-0.2, -0.15) is 0 Å². The van der Waals surface area contributed by atoms with Gasteiger partial charge in [-0.3, -0.25) is 9.80 Å². The van der Waals surface area contributed by atoms with Gasteiger partial charge in [-0.15, -0.1) is 0 Å². The number of nitrogen functional groups attached to an aromatic ring is 1. The van der Waals surface area contributed by atoms with Crippen LogP contribution in [0.4, 0.5) is 5.13 Å². The molecule has 0 aliphatic carbocycles. The van der Waals surface area contributed by atoms with Gasteiger partial charge in [0.1, 0.15) is 0 Å². The first-order chi connectivity index (χ1) is 10.2. The standard InChI is InChI=1S/C16H22N4S/c1-11-8-19-6-2-3-13(19)10-20(11)9-12-4-5-14-15(7-12)21-16(17)18-14/h4-5,7,11,13H,2-3,6,8-10H2,1H3,(H2,17,18). The predicted octanol–water partition coefficient (Wildman–Crippen LogP) is 2.55. The van der Waals surface area contributed by atoms with E-state index in [1.54, 1.807) is 11.3 Å². The summed E-state index contributed by atoms with van der Waals surface area (Å²) in [5.41, 5.74) is 8.20. The van der Waals surface area contributed by atoms with Crippen LogP contribution in [0.2, 0.25) is 0 Å². The van der Waals surface area contributed by atoms with Crippen molar-refractivity contribution in [3.63, 3.8) is 0 Å². The first kappa shape index (κ1) is 13.5. The Kier molecular flexibility index (Phi) is 3.36. The summed E-state index contributed by atoms with van der Waals surface area (Å²) in [7, 11) is 0. The number of nitrogens with zero attached hydrogens (tertiary/aromatic N) is 3. The molecule has 3 heterocycles. The van der Waals surface area contributed by atoms with E-state index in [9.17, 15) is 0 Å². The summed E-state index contributed by atoms with van der Waals surface area (Å²) in [4.78, 5) is 9.65. The third-order valence-electron chi connectivity index (χ3n) is 4.92. The molecule has 0 saturated carbocycles. The smallest absolute Gasteiger partial charge is 0.181 e. The highest BCUT2D eigenvalue weighted by Gasteiger charge is 2.34. The molecule has 1 aromatic heterocycles. The number of thiazole rings is 1. The molecule has 2 aliphatic rings. The van der Waals surface area contributed by atoms with E-state index < -0.39 is 0 Å². The maximum Gasteiger partial charge on any atom is 0.181 e. The fourth-order valence-corrected chi connectivity index (χ4v) is 4.59. The Morgan fingerprint density at radius 3 is 3.19 bits per heavy atom. The van der Waals surface area contributed by atoms with Crippen LogP contribution in [-0.2, 0) is 6.54 Å². The SMILES string of the molecule is CC1CN2CCCC2CN1Cc1ccc2nc(N)sc2c1. The van der Waals surface area contributed by atoms with Crippen LogP contribution in [-0.4, -0.2) is 46.5 Å². The van der Waals surface area contributed by atoms with Gasteiger partial charge in [-0.05, 0) is 44.0 Å². The van der Waals surface area contributed by atoms with Gasteiger partial charge in [0.25, 0.3) is 0 Å². The molecule has 0 bridgehead atoms. The average Bonchev–Trinajstić information content (AvgIpc) is 3.03. The Morgan fingerprint density at radius 1 is 1.38 bits per heavy atom. The zero-order chi connectivity index (χ0) is 14.4. The minimum absolute atomic E-state index is 0.640. The Hall–Kier alpha value is -1.17. The van der Waals surface area contributed by atoms with E-state index in [4.69, 9.17) is 5.73 Å². The van der Waals surface area contributed by atoms with Gasteiger partial charge >= 0.3 is 0 Å². The fourth-order valence-electron chi connectivity index (χ4n) is 3.79. The van der Waals surface area contributed by atoms with Crippen molar-refractivity contribution in [1.82, 2.24) is 14.8 Å². The maximum atomic E-state index is 5.80. The molecular weight excluding hydrogens is 280 g/mol. The number of nitrogens with two attached hydrogens (primary N) is 1. The third-order valence-corrected chi connectivity index (χ3v) is 5.77. The molecule has 0 amide bonds.